The first-order chi connectivity index (χ1) is 15.4. The fourth-order valence-electron chi connectivity index (χ4n) is 4.46. The van der Waals surface area contributed by atoms with Gasteiger partial charge in [0.1, 0.15) is 5.92 Å². The normalized spacial score (nSPS) is 22.0. The summed E-state index contributed by atoms with van der Waals surface area (Å²) < 4.78 is 16.6. The first-order valence-corrected chi connectivity index (χ1v) is 11.1. The first kappa shape index (κ1) is 22.2. The molecule has 0 fully saturated rings. The number of hydrogen-bond donors (Lipinski definition) is 2. The topological polar surface area (TPSA) is 85.9 Å². The van der Waals surface area contributed by atoms with Crippen LogP contribution in [0.5, 0.6) is 11.5 Å². The Kier molecular flexibility index (Phi) is 6.15. The van der Waals surface area contributed by atoms with E-state index < -0.39 is 17.9 Å². The number of esters is 1. The van der Waals surface area contributed by atoms with Crippen LogP contribution in [-0.2, 0) is 14.3 Å². The Morgan fingerprint density at radius 3 is 2.38 bits per heavy atom. The van der Waals surface area contributed by atoms with Gasteiger partial charge in [0.15, 0.2) is 17.3 Å². The van der Waals surface area contributed by atoms with E-state index in [0.717, 1.165) is 27.1 Å². The third kappa shape index (κ3) is 3.72. The zero-order chi connectivity index (χ0) is 23.0. The zero-order valence-corrected chi connectivity index (χ0v) is 19.9. The number of benzene rings is 2. The monoisotopic (exact) mass is 500 g/mol. The molecular formula is C24H25BrN2O5. The number of carbonyl (C=O) groups is 2. The standard InChI is InChI=1S/C24H25BrN2O5/c1-12-9-17-21(23(28)20(12)24(29)32-4)22(27-16-8-6-5-7-15(16)26-17)13-10-18(30-2)19(31-3)11-14(13)25/h5-8,10-12,20,22,26-27H,9H2,1-4H3/t12-,20-,22+/m1/s1. The summed E-state index contributed by atoms with van der Waals surface area (Å²) >= 11 is 3.64. The summed E-state index contributed by atoms with van der Waals surface area (Å²) in [5.74, 6) is -0.696. The van der Waals surface area contributed by atoms with Gasteiger partial charge in [-0.3, -0.25) is 9.59 Å². The van der Waals surface area contributed by atoms with Gasteiger partial charge in [0.2, 0.25) is 0 Å². The van der Waals surface area contributed by atoms with Crippen LogP contribution in [0, 0.1) is 11.8 Å². The minimum Gasteiger partial charge on any atom is -0.493 e. The number of halogens is 1. The molecule has 0 bridgehead atoms. The van der Waals surface area contributed by atoms with Crippen molar-refractivity contribution >= 4 is 39.1 Å². The summed E-state index contributed by atoms with van der Waals surface area (Å²) in [5, 5.41) is 6.95. The second-order valence-electron chi connectivity index (χ2n) is 7.92. The molecule has 0 unspecified atom stereocenters. The number of anilines is 2. The van der Waals surface area contributed by atoms with Crippen molar-refractivity contribution < 1.29 is 23.8 Å². The van der Waals surface area contributed by atoms with Crippen molar-refractivity contribution in [2.45, 2.75) is 19.4 Å². The Hall–Kier alpha value is -3.00. The van der Waals surface area contributed by atoms with Gasteiger partial charge in [-0.1, -0.05) is 35.0 Å². The van der Waals surface area contributed by atoms with Gasteiger partial charge >= 0.3 is 5.97 Å². The van der Waals surface area contributed by atoms with Crippen LogP contribution >= 0.6 is 15.9 Å². The van der Waals surface area contributed by atoms with Gasteiger partial charge in [0.25, 0.3) is 0 Å². The molecule has 0 radical (unpaired) electrons. The Labute approximate surface area is 195 Å². The largest absolute Gasteiger partial charge is 0.493 e. The average molecular weight is 501 g/mol. The maximum atomic E-state index is 13.7. The number of para-hydroxylation sites is 2. The molecule has 2 aliphatic rings. The number of Topliss-reactive ketones (excluding diaryl/α,β-unsaturated/α-hetero) is 1. The van der Waals surface area contributed by atoms with Gasteiger partial charge in [-0.05, 0) is 42.2 Å². The number of hydrogen-bond acceptors (Lipinski definition) is 7. The smallest absolute Gasteiger partial charge is 0.316 e. The molecule has 2 aromatic carbocycles. The van der Waals surface area contributed by atoms with Crippen molar-refractivity contribution in [2.24, 2.45) is 11.8 Å². The Balaban J connectivity index is 1.92. The van der Waals surface area contributed by atoms with Gasteiger partial charge in [-0.2, -0.15) is 0 Å². The van der Waals surface area contributed by atoms with Crippen molar-refractivity contribution in [3.8, 4) is 11.5 Å². The predicted octanol–water partition coefficient (Wildman–Crippen LogP) is 4.70. The fraction of sp³-hybridized carbons (Fsp3) is 0.333. The van der Waals surface area contributed by atoms with Crippen LogP contribution in [0.2, 0.25) is 0 Å². The quantitative estimate of drug-likeness (QED) is 0.464. The molecule has 0 aromatic heterocycles. The summed E-state index contributed by atoms with van der Waals surface area (Å²) in [6, 6.07) is 10.9. The van der Waals surface area contributed by atoms with Crippen LogP contribution in [0.3, 0.4) is 0 Å². The molecule has 3 atom stereocenters. The first-order valence-electron chi connectivity index (χ1n) is 10.3. The maximum Gasteiger partial charge on any atom is 0.316 e. The second-order valence-corrected chi connectivity index (χ2v) is 8.77. The van der Waals surface area contributed by atoms with E-state index in [1.54, 1.807) is 14.2 Å². The molecule has 32 heavy (non-hydrogen) atoms. The number of carbonyl (C=O) groups excluding carboxylic acids is 2. The molecule has 1 aliphatic heterocycles. The van der Waals surface area contributed by atoms with Gasteiger partial charge in [-0.25, -0.2) is 0 Å². The van der Waals surface area contributed by atoms with E-state index in [-0.39, 0.29) is 11.7 Å². The molecule has 2 N–H and O–H groups in total. The lowest BCUT2D eigenvalue weighted by molar-refractivity contribution is -0.151. The number of fused-ring (bicyclic) bond motifs is 1. The summed E-state index contributed by atoms with van der Waals surface area (Å²) in [6.07, 6.45) is 0.540. The molecule has 8 heteroatoms. The highest BCUT2D eigenvalue weighted by molar-refractivity contribution is 9.10. The second kappa shape index (κ2) is 8.86. The Morgan fingerprint density at radius 1 is 1.06 bits per heavy atom. The van der Waals surface area contributed by atoms with E-state index in [9.17, 15) is 9.59 Å². The van der Waals surface area contributed by atoms with Crippen molar-refractivity contribution in [2.75, 3.05) is 32.0 Å². The van der Waals surface area contributed by atoms with Crippen LogP contribution in [-0.4, -0.2) is 33.1 Å². The Morgan fingerprint density at radius 2 is 1.72 bits per heavy atom. The number of ether oxygens (including phenoxy) is 3. The van der Waals surface area contributed by atoms with Gasteiger partial charge in [0, 0.05) is 15.7 Å². The molecule has 0 saturated heterocycles. The molecule has 1 aliphatic carbocycles. The number of nitrogens with one attached hydrogen (secondary N) is 2. The van der Waals surface area contributed by atoms with Crippen molar-refractivity contribution in [3.05, 3.63) is 57.7 Å². The van der Waals surface area contributed by atoms with Gasteiger partial charge in [-0.15, -0.1) is 0 Å². The summed E-state index contributed by atoms with van der Waals surface area (Å²) in [4.78, 5) is 26.2. The number of rotatable bonds is 4. The lowest BCUT2D eigenvalue weighted by Gasteiger charge is -2.33. The van der Waals surface area contributed by atoms with Crippen LogP contribution in [0.15, 0.2) is 52.1 Å². The summed E-state index contributed by atoms with van der Waals surface area (Å²) in [5.41, 5.74) is 3.83. The highest BCUT2D eigenvalue weighted by Crippen LogP contribution is 2.46. The van der Waals surface area contributed by atoms with Crippen molar-refractivity contribution in [1.29, 1.82) is 0 Å². The third-order valence-electron chi connectivity index (χ3n) is 6.04. The molecule has 168 valence electrons. The van der Waals surface area contributed by atoms with Gasteiger partial charge in [0.05, 0.1) is 38.7 Å². The average Bonchev–Trinajstić information content (AvgIpc) is 2.95. The molecular weight excluding hydrogens is 476 g/mol. The van der Waals surface area contributed by atoms with E-state index in [1.165, 1.54) is 7.11 Å². The van der Waals surface area contributed by atoms with E-state index in [4.69, 9.17) is 14.2 Å². The number of ketones is 1. The van der Waals surface area contributed by atoms with Crippen LogP contribution in [0.4, 0.5) is 11.4 Å². The molecule has 0 spiro atoms. The number of allylic oxidation sites excluding steroid dienone is 1. The minimum absolute atomic E-state index is 0.194. The van der Waals surface area contributed by atoms with E-state index in [2.05, 4.69) is 26.6 Å². The molecule has 2 aromatic rings. The summed E-state index contributed by atoms with van der Waals surface area (Å²) in [7, 11) is 4.45. The van der Waals surface area contributed by atoms with E-state index in [1.807, 2.05) is 43.3 Å². The van der Waals surface area contributed by atoms with Crippen LogP contribution in [0.25, 0.3) is 0 Å². The highest BCUT2D eigenvalue weighted by atomic mass is 79.9. The zero-order valence-electron chi connectivity index (χ0n) is 18.3. The molecule has 7 nitrogen and oxygen atoms in total. The minimum atomic E-state index is -0.856. The van der Waals surface area contributed by atoms with E-state index >= 15 is 0 Å². The Bertz CT molecular complexity index is 1110. The van der Waals surface area contributed by atoms with E-state index in [0.29, 0.717) is 23.5 Å². The molecule has 0 amide bonds. The lowest BCUT2D eigenvalue weighted by atomic mass is 9.75. The van der Waals surface area contributed by atoms with Crippen LogP contribution < -0.4 is 20.1 Å². The third-order valence-corrected chi connectivity index (χ3v) is 6.73. The van der Waals surface area contributed by atoms with Crippen molar-refractivity contribution in [3.63, 3.8) is 0 Å². The predicted molar refractivity (Wildman–Crippen MR) is 125 cm³/mol. The van der Waals surface area contributed by atoms with Crippen molar-refractivity contribution in [1.82, 2.24) is 0 Å². The van der Waals surface area contributed by atoms with Crippen LogP contribution in [0.1, 0.15) is 24.9 Å². The summed E-state index contributed by atoms with van der Waals surface area (Å²) in [6.45, 7) is 1.90. The van der Waals surface area contributed by atoms with Gasteiger partial charge < -0.3 is 24.8 Å². The highest BCUT2D eigenvalue weighted by Gasteiger charge is 2.44. The molecule has 1 heterocycles. The fourth-order valence-corrected chi connectivity index (χ4v) is 5.01. The maximum absolute atomic E-state index is 13.7. The SMILES string of the molecule is COC(=O)[C@H]1C(=O)C2=C(C[C@H]1C)Nc1ccccc1N[C@H]2c1cc(OC)c(OC)cc1Br. The number of methoxy groups -OCH3 is 3. The molecule has 0 saturated carbocycles. The lowest BCUT2D eigenvalue weighted by Crippen LogP contribution is -2.39. The molecule has 4 rings (SSSR count).